The normalized spacial score (nSPS) is 17.1. The van der Waals surface area contributed by atoms with Crippen molar-refractivity contribution in [1.82, 2.24) is 14.9 Å². The first kappa shape index (κ1) is 15.8. The van der Waals surface area contributed by atoms with Crippen molar-refractivity contribution in [2.24, 2.45) is 0 Å². The van der Waals surface area contributed by atoms with Gasteiger partial charge in [0.15, 0.2) is 5.69 Å². The maximum atomic E-state index is 13.0. The highest BCUT2D eigenvalue weighted by atomic mass is 19.4. The molecule has 1 aromatic rings. The van der Waals surface area contributed by atoms with Gasteiger partial charge in [-0.3, -0.25) is 0 Å². The molecule has 0 saturated carbocycles. The van der Waals surface area contributed by atoms with Gasteiger partial charge in [-0.15, -0.1) is 0 Å². The summed E-state index contributed by atoms with van der Waals surface area (Å²) in [5.41, 5.74) is -0.898. The Hall–Kier alpha value is -1.57. The van der Waals surface area contributed by atoms with Crippen molar-refractivity contribution >= 4 is 11.8 Å². The standard InChI is InChI=1S/C13H20F3N5/c1-3-4-17-12-18-10(13(14,15)16)9-11(19-12)21-7-5-20(2)6-8-21/h9H,3-8H2,1-2H3,(H,17,18,19). The zero-order valence-corrected chi connectivity index (χ0v) is 12.2. The summed E-state index contributed by atoms with van der Waals surface area (Å²) in [7, 11) is 1.99. The first-order valence-electron chi connectivity index (χ1n) is 7.04. The van der Waals surface area contributed by atoms with E-state index in [1.54, 1.807) is 0 Å². The molecule has 118 valence electrons. The molecule has 1 aromatic heterocycles. The second-order valence-electron chi connectivity index (χ2n) is 5.15. The predicted molar refractivity (Wildman–Crippen MR) is 75.5 cm³/mol. The highest BCUT2D eigenvalue weighted by Crippen LogP contribution is 2.30. The molecule has 0 spiro atoms. The first-order valence-corrected chi connectivity index (χ1v) is 7.04. The van der Waals surface area contributed by atoms with Gasteiger partial charge in [0, 0.05) is 38.8 Å². The molecule has 0 aliphatic carbocycles. The van der Waals surface area contributed by atoms with Gasteiger partial charge in [-0.05, 0) is 13.5 Å². The maximum Gasteiger partial charge on any atom is 0.433 e. The quantitative estimate of drug-likeness (QED) is 0.922. The zero-order valence-electron chi connectivity index (χ0n) is 12.2. The monoisotopic (exact) mass is 303 g/mol. The molecule has 1 aliphatic rings. The summed E-state index contributed by atoms with van der Waals surface area (Å²) >= 11 is 0. The molecule has 0 atom stereocenters. The van der Waals surface area contributed by atoms with E-state index in [1.165, 1.54) is 0 Å². The smallest absolute Gasteiger partial charge is 0.354 e. The van der Waals surface area contributed by atoms with Crippen LogP contribution in [0.25, 0.3) is 0 Å². The number of likely N-dealkylation sites (N-methyl/N-ethyl adjacent to an activating group) is 1. The molecule has 1 aliphatic heterocycles. The molecule has 0 unspecified atom stereocenters. The molecule has 2 heterocycles. The highest BCUT2D eigenvalue weighted by molar-refractivity contribution is 5.46. The van der Waals surface area contributed by atoms with Crippen LogP contribution in [0.3, 0.4) is 0 Å². The minimum atomic E-state index is -4.47. The number of rotatable bonds is 4. The lowest BCUT2D eigenvalue weighted by molar-refractivity contribution is -0.141. The van der Waals surface area contributed by atoms with Crippen LogP contribution in [0, 0.1) is 0 Å². The molecule has 8 heteroatoms. The van der Waals surface area contributed by atoms with Gasteiger partial charge in [0.05, 0.1) is 0 Å². The van der Waals surface area contributed by atoms with E-state index in [9.17, 15) is 13.2 Å². The third-order valence-corrected chi connectivity index (χ3v) is 3.36. The minimum Gasteiger partial charge on any atom is -0.354 e. The van der Waals surface area contributed by atoms with Crippen molar-refractivity contribution in [2.45, 2.75) is 19.5 Å². The van der Waals surface area contributed by atoms with Crippen molar-refractivity contribution in [3.63, 3.8) is 0 Å². The van der Waals surface area contributed by atoms with E-state index in [1.807, 2.05) is 18.9 Å². The molecule has 0 radical (unpaired) electrons. The summed E-state index contributed by atoms with van der Waals surface area (Å²) in [6, 6.07) is 1.03. The minimum absolute atomic E-state index is 0.0422. The van der Waals surface area contributed by atoms with E-state index in [2.05, 4.69) is 20.2 Å². The molecular weight excluding hydrogens is 283 g/mol. The molecule has 5 nitrogen and oxygen atoms in total. The van der Waals surface area contributed by atoms with Gasteiger partial charge in [-0.25, -0.2) is 4.98 Å². The van der Waals surface area contributed by atoms with Crippen LogP contribution < -0.4 is 10.2 Å². The van der Waals surface area contributed by atoms with Gasteiger partial charge in [0.1, 0.15) is 5.82 Å². The van der Waals surface area contributed by atoms with Crippen molar-refractivity contribution in [3.05, 3.63) is 11.8 Å². The van der Waals surface area contributed by atoms with Crippen LogP contribution in [0.5, 0.6) is 0 Å². The number of nitrogens with zero attached hydrogens (tertiary/aromatic N) is 4. The molecule has 0 amide bonds. The number of halogens is 3. The molecule has 0 bridgehead atoms. The van der Waals surface area contributed by atoms with E-state index >= 15 is 0 Å². The largest absolute Gasteiger partial charge is 0.433 e. The van der Waals surface area contributed by atoms with E-state index in [0.717, 1.165) is 25.6 Å². The molecular formula is C13H20F3N5. The number of hydrogen-bond acceptors (Lipinski definition) is 5. The maximum absolute atomic E-state index is 13.0. The number of hydrogen-bond donors (Lipinski definition) is 1. The van der Waals surface area contributed by atoms with Gasteiger partial charge in [0.2, 0.25) is 5.95 Å². The van der Waals surface area contributed by atoms with Crippen LogP contribution in [0.1, 0.15) is 19.0 Å². The lowest BCUT2D eigenvalue weighted by Crippen LogP contribution is -2.45. The topological polar surface area (TPSA) is 44.3 Å². The Bertz CT molecular complexity index is 469. The average Bonchev–Trinajstić information content (AvgIpc) is 2.44. The van der Waals surface area contributed by atoms with Crippen LogP contribution in [-0.2, 0) is 6.18 Å². The lowest BCUT2D eigenvalue weighted by atomic mass is 10.3. The van der Waals surface area contributed by atoms with E-state index in [4.69, 9.17) is 0 Å². The van der Waals surface area contributed by atoms with Gasteiger partial charge in [-0.2, -0.15) is 18.2 Å². The van der Waals surface area contributed by atoms with Gasteiger partial charge in [0.25, 0.3) is 0 Å². The zero-order chi connectivity index (χ0) is 15.5. The van der Waals surface area contributed by atoms with Crippen LogP contribution in [0.15, 0.2) is 6.07 Å². The van der Waals surface area contributed by atoms with Gasteiger partial charge >= 0.3 is 6.18 Å². The lowest BCUT2D eigenvalue weighted by Gasteiger charge is -2.33. The van der Waals surface area contributed by atoms with Crippen molar-refractivity contribution in [1.29, 1.82) is 0 Å². The second-order valence-corrected chi connectivity index (χ2v) is 5.15. The average molecular weight is 303 g/mol. The van der Waals surface area contributed by atoms with E-state index in [0.29, 0.717) is 25.5 Å². The van der Waals surface area contributed by atoms with Gasteiger partial charge < -0.3 is 15.1 Å². The van der Waals surface area contributed by atoms with E-state index < -0.39 is 11.9 Å². The number of piperazine rings is 1. The van der Waals surface area contributed by atoms with Crippen molar-refractivity contribution in [3.8, 4) is 0 Å². The summed E-state index contributed by atoms with van der Waals surface area (Å²) in [6.45, 7) is 5.42. The van der Waals surface area contributed by atoms with Crippen LogP contribution in [-0.4, -0.2) is 54.6 Å². The summed E-state index contributed by atoms with van der Waals surface area (Å²) in [5.74, 6) is 0.379. The molecule has 1 saturated heterocycles. The number of anilines is 2. The Kier molecular flexibility index (Phi) is 4.87. The fourth-order valence-electron chi connectivity index (χ4n) is 2.09. The second kappa shape index (κ2) is 6.46. The predicted octanol–water partition coefficient (Wildman–Crippen LogP) is 2.07. The summed E-state index contributed by atoms with van der Waals surface area (Å²) in [6.07, 6.45) is -3.67. The number of alkyl halides is 3. The van der Waals surface area contributed by atoms with Crippen molar-refractivity contribution in [2.75, 3.05) is 50.0 Å². The number of nitrogens with one attached hydrogen (secondary N) is 1. The first-order chi connectivity index (χ1) is 9.90. The summed E-state index contributed by atoms with van der Waals surface area (Å²) < 4.78 is 38.9. The third-order valence-electron chi connectivity index (χ3n) is 3.36. The fourth-order valence-corrected chi connectivity index (χ4v) is 2.09. The van der Waals surface area contributed by atoms with Crippen LogP contribution in [0.2, 0.25) is 0 Å². The fraction of sp³-hybridized carbons (Fsp3) is 0.692. The summed E-state index contributed by atoms with van der Waals surface area (Å²) in [5, 5.41) is 2.84. The van der Waals surface area contributed by atoms with Crippen molar-refractivity contribution < 1.29 is 13.2 Å². The van der Waals surface area contributed by atoms with E-state index in [-0.39, 0.29) is 5.95 Å². The summed E-state index contributed by atoms with van der Waals surface area (Å²) in [4.78, 5) is 11.8. The third kappa shape index (κ3) is 4.20. The number of aromatic nitrogens is 2. The molecule has 0 aromatic carbocycles. The SMILES string of the molecule is CCCNc1nc(N2CCN(C)CC2)cc(C(F)(F)F)n1. The Labute approximate surface area is 122 Å². The van der Waals surface area contributed by atoms with Gasteiger partial charge in [-0.1, -0.05) is 6.92 Å². The molecule has 2 rings (SSSR count). The Morgan fingerprint density at radius 2 is 1.86 bits per heavy atom. The Morgan fingerprint density at radius 3 is 2.43 bits per heavy atom. The van der Waals surface area contributed by atoms with Crippen LogP contribution in [0.4, 0.5) is 24.9 Å². The van der Waals surface area contributed by atoms with Crippen LogP contribution >= 0.6 is 0 Å². The molecule has 1 N–H and O–H groups in total. The Morgan fingerprint density at radius 1 is 1.19 bits per heavy atom. The highest BCUT2D eigenvalue weighted by Gasteiger charge is 2.34. The molecule has 21 heavy (non-hydrogen) atoms. The molecule has 1 fully saturated rings. The Balaban J connectivity index is 2.26.